The number of nitrogens with one attached hydrogen (secondary N) is 1. The summed E-state index contributed by atoms with van der Waals surface area (Å²) in [6, 6.07) is 0.565. The van der Waals surface area contributed by atoms with E-state index < -0.39 is 0 Å². The highest BCUT2D eigenvalue weighted by molar-refractivity contribution is 6.30. The number of rotatable bonds is 3. The number of quaternary nitrogens is 1. The number of carbonyl (C=O) groups is 1. The van der Waals surface area contributed by atoms with Gasteiger partial charge in [0, 0.05) is 24.3 Å². The van der Waals surface area contributed by atoms with E-state index in [0.29, 0.717) is 24.5 Å². The average molecular weight is 348 g/mol. The van der Waals surface area contributed by atoms with Crippen molar-refractivity contribution in [3.8, 4) is 0 Å². The molecule has 0 spiro atoms. The number of Topliss-reactive ketones (excluding diaryl/α,β-unsaturated/α-hetero) is 1. The van der Waals surface area contributed by atoms with E-state index in [0.717, 1.165) is 31.7 Å². The van der Waals surface area contributed by atoms with Crippen molar-refractivity contribution in [1.82, 2.24) is 4.90 Å². The lowest BCUT2D eigenvalue weighted by molar-refractivity contribution is -0.933. The van der Waals surface area contributed by atoms with Crippen LogP contribution in [0.2, 0.25) is 0 Å². The van der Waals surface area contributed by atoms with Crippen LogP contribution in [0.5, 0.6) is 0 Å². The molecule has 0 amide bonds. The standard InChI is InChI=1S/C17H28Cl2N2O/c1-11-5-6-20-9-12(2)21(17(20)7-11)10-16(22)13-3-4-14(18)15(19)8-13/h11-15,17H,3-10H2,1-2H3/p+1. The highest BCUT2D eigenvalue weighted by Crippen LogP contribution is 2.32. The van der Waals surface area contributed by atoms with Crippen molar-refractivity contribution in [3.05, 3.63) is 0 Å². The first-order valence-corrected chi connectivity index (χ1v) is 9.73. The summed E-state index contributed by atoms with van der Waals surface area (Å²) in [7, 11) is 0. The molecule has 0 bridgehead atoms. The Balaban J connectivity index is 1.60. The maximum Gasteiger partial charge on any atom is 0.189 e. The number of ketones is 1. The van der Waals surface area contributed by atoms with Crippen LogP contribution in [0, 0.1) is 11.8 Å². The van der Waals surface area contributed by atoms with Gasteiger partial charge >= 0.3 is 0 Å². The topological polar surface area (TPSA) is 24.8 Å². The Morgan fingerprint density at radius 1 is 1.14 bits per heavy atom. The second kappa shape index (κ2) is 6.96. The van der Waals surface area contributed by atoms with E-state index in [1.54, 1.807) is 0 Å². The van der Waals surface area contributed by atoms with Gasteiger partial charge < -0.3 is 4.90 Å². The van der Waals surface area contributed by atoms with Crippen LogP contribution >= 0.6 is 23.2 Å². The number of piperidine rings is 1. The first kappa shape index (κ1) is 17.0. The van der Waals surface area contributed by atoms with Crippen LogP contribution in [0.3, 0.4) is 0 Å². The molecule has 1 N–H and O–H groups in total. The van der Waals surface area contributed by atoms with Gasteiger partial charge in [-0.15, -0.1) is 23.2 Å². The van der Waals surface area contributed by atoms with Crippen molar-refractivity contribution in [3.63, 3.8) is 0 Å². The Labute approximate surface area is 144 Å². The number of hydrogen-bond donors (Lipinski definition) is 1. The molecule has 126 valence electrons. The van der Waals surface area contributed by atoms with E-state index in [1.165, 1.54) is 24.3 Å². The highest BCUT2D eigenvalue weighted by Gasteiger charge is 2.45. The molecule has 7 atom stereocenters. The summed E-state index contributed by atoms with van der Waals surface area (Å²) in [5.41, 5.74) is 0. The van der Waals surface area contributed by atoms with Crippen molar-refractivity contribution < 1.29 is 9.69 Å². The number of hydrogen-bond acceptors (Lipinski definition) is 2. The maximum atomic E-state index is 12.8. The fraction of sp³-hybridized carbons (Fsp3) is 0.941. The molecule has 7 unspecified atom stereocenters. The lowest BCUT2D eigenvalue weighted by Crippen LogP contribution is -3.18. The Bertz CT molecular complexity index is 419. The SMILES string of the molecule is CC1CCN2CC(C)[NH+](CC(=O)C3CCC(Cl)C(Cl)C3)C2C1. The second-order valence-corrected chi connectivity index (χ2v) is 8.92. The maximum absolute atomic E-state index is 12.8. The van der Waals surface area contributed by atoms with Crippen molar-refractivity contribution in [2.75, 3.05) is 19.6 Å². The van der Waals surface area contributed by atoms with Crippen molar-refractivity contribution in [2.24, 2.45) is 11.8 Å². The predicted molar refractivity (Wildman–Crippen MR) is 90.7 cm³/mol. The summed E-state index contributed by atoms with van der Waals surface area (Å²) in [6.45, 7) is 7.67. The molecule has 1 saturated carbocycles. The summed E-state index contributed by atoms with van der Waals surface area (Å²) >= 11 is 12.5. The van der Waals surface area contributed by atoms with E-state index in [4.69, 9.17) is 23.2 Å². The monoisotopic (exact) mass is 347 g/mol. The predicted octanol–water partition coefficient (Wildman–Crippen LogP) is 1.92. The van der Waals surface area contributed by atoms with Crippen LogP contribution in [0.15, 0.2) is 0 Å². The molecule has 3 fully saturated rings. The number of halogens is 2. The van der Waals surface area contributed by atoms with Crippen LogP contribution in [-0.4, -0.2) is 53.3 Å². The van der Waals surface area contributed by atoms with Crippen LogP contribution in [0.4, 0.5) is 0 Å². The van der Waals surface area contributed by atoms with Gasteiger partial charge in [0.1, 0.15) is 12.7 Å². The van der Waals surface area contributed by atoms with Crippen LogP contribution in [0.25, 0.3) is 0 Å². The number of alkyl halides is 2. The fourth-order valence-electron chi connectivity index (χ4n) is 4.60. The van der Waals surface area contributed by atoms with E-state index in [1.807, 2.05) is 0 Å². The van der Waals surface area contributed by atoms with Gasteiger partial charge in [0.15, 0.2) is 5.78 Å². The smallest absolute Gasteiger partial charge is 0.189 e. The van der Waals surface area contributed by atoms with Crippen molar-refractivity contribution in [2.45, 2.75) is 68.9 Å². The quantitative estimate of drug-likeness (QED) is 0.789. The van der Waals surface area contributed by atoms with Gasteiger partial charge in [-0.2, -0.15) is 0 Å². The zero-order valence-corrected chi connectivity index (χ0v) is 15.2. The summed E-state index contributed by atoms with van der Waals surface area (Å²) in [5, 5.41) is 0.0000268. The minimum Gasteiger partial charge on any atom is -0.310 e. The summed E-state index contributed by atoms with van der Waals surface area (Å²) in [6.07, 6.45) is 5.66. The molecular weight excluding hydrogens is 319 g/mol. The molecule has 5 heteroatoms. The Morgan fingerprint density at radius 3 is 2.64 bits per heavy atom. The van der Waals surface area contributed by atoms with Gasteiger partial charge in [0.25, 0.3) is 0 Å². The van der Waals surface area contributed by atoms with E-state index >= 15 is 0 Å². The summed E-state index contributed by atoms with van der Waals surface area (Å²) < 4.78 is 0. The zero-order chi connectivity index (χ0) is 15.9. The Kier molecular flexibility index (Phi) is 5.38. The second-order valence-electron chi connectivity index (χ2n) is 7.80. The lowest BCUT2D eigenvalue weighted by Gasteiger charge is -2.35. The largest absolute Gasteiger partial charge is 0.310 e. The Morgan fingerprint density at radius 2 is 1.91 bits per heavy atom. The van der Waals surface area contributed by atoms with E-state index in [9.17, 15) is 4.79 Å². The van der Waals surface area contributed by atoms with Gasteiger partial charge in [-0.1, -0.05) is 6.92 Å². The van der Waals surface area contributed by atoms with Gasteiger partial charge in [-0.05, 0) is 38.5 Å². The van der Waals surface area contributed by atoms with Gasteiger partial charge in [0.2, 0.25) is 0 Å². The van der Waals surface area contributed by atoms with Gasteiger partial charge in [0.05, 0.1) is 18.0 Å². The van der Waals surface area contributed by atoms with Crippen LogP contribution in [0.1, 0.15) is 46.0 Å². The molecule has 3 nitrogen and oxygen atoms in total. The molecule has 3 rings (SSSR count). The molecule has 22 heavy (non-hydrogen) atoms. The van der Waals surface area contributed by atoms with E-state index in [-0.39, 0.29) is 16.7 Å². The fourth-order valence-corrected chi connectivity index (χ4v) is 5.17. The molecule has 0 aromatic heterocycles. The lowest BCUT2D eigenvalue weighted by atomic mass is 9.85. The third-order valence-corrected chi connectivity index (χ3v) is 7.21. The molecule has 0 aromatic carbocycles. The molecule has 2 heterocycles. The molecule has 0 radical (unpaired) electrons. The van der Waals surface area contributed by atoms with Gasteiger partial charge in [-0.25, -0.2) is 4.90 Å². The number of carbonyl (C=O) groups excluding carboxylic acids is 1. The summed E-state index contributed by atoms with van der Waals surface area (Å²) in [4.78, 5) is 16.9. The minimum atomic E-state index is -0.0402. The zero-order valence-electron chi connectivity index (χ0n) is 13.7. The highest BCUT2D eigenvalue weighted by atomic mass is 35.5. The Hall–Kier alpha value is 0.170. The van der Waals surface area contributed by atoms with Crippen LogP contribution in [-0.2, 0) is 4.79 Å². The van der Waals surface area contributed by atoms with Crippen molar-refractivity contribution in [1.29, 1.82) is 0 Å². The van der Waals surface area contributed by atoms with Gasteiger partial charge in [-0.3, -0.25) is 4.79 Å². The molecule has 2 saturated heterocycles. The molecular formula is C17H29Cl2N2O+. The molecule has 3 aliphatic rings. The minimum absolute atomic E-state index is 0.0402. The first-order chi connectivity index (χ1) is 10.5. The average Bonchev–Trinajstić information content (AvgIpc) is 2.78. The third kappa shape index (κ3) is 3.48. The van der Waals surface area contributed by atoms with E-state index in [2.05, 4.69) is 18.7 Å². The van der Waals surface area contributed by atoms with Crippen molar-refractivity contribution >= 4 is 29.0 Å². The summed E-state index contributed by atoms with van der Waals surface area (Å²) in [5.74, 6) is 1.33. The molecule has 2 aliphatic heterocycles. The van der Waals surface area contributed by atoms with Crippen LogP contribution < -0.4 is 4.90 Å². The molecule has 0 aromatic rings. The number of nitrogens with zero attached hydrogens (tertiary/aromatic N) is 1. The first-order valence-electron chi connectivity index (χ1n) is 8.86. The molecule has 1 aliphatic carbocycles. The normalized spacial score (nSPS) is 46.5. The number of fused-ring (bicyclic) bond motifs is 1. The third-order valence-electron chi connectivity index (χ3n) is 6.07.